The molecule has 4 aromatic carbocycles. The summed E-state index contributed by atoms with van der Waals surface area (Å²) in [6, 6.07) is 32.1. The van der Waals surface area contributed by atoms with Crippen LogP contribution >= 0.6 is 0 Å². The van der Waals surface area contributed by atoms with E-state index < -0.39 is 12.1 Å². The molecular formula is C70H100N9O6+. The number of hydrogen-bond acceptors (Lipinski definition) is 10. The monoisotopic (exact) mass is 1160 g/mol. The van der Waals surface area contributed by atoms with E-state index in [1.165, 1.54) is 33.1 Å². The number of rotatable bonds is 28. The lowest BCUT2D eigenvalue weighted by atomic mass is 9.80. The maximum atomic E-state index is 13.8. The Labute approximate surface area is 508 Å². The Morgan fingerprint density at radius 1 is 0.718 bits per heavy atom. The molecule has 4 unspecified atom stereocenters. The van der Waals surface area contributed by atoms with Crippen LogP contribution in [0.5, 0.6) is 0 Å². The van der Waals surface area contributed by atoms with E-state index >= 15 is 0 Å². The Hall–Kier alpha value is -7.33. The lowest BCUT2D eigenvalue weighted by Gasteiger charge is -2.30. The summed E-state index contributed by atoms with van der Waals surface area (Å²) in [6.07, 6.45) is 18.9. The van der Waals surface area contributed by atoms with Crippen LogP contribution in [0.15, 0.2) is 133 Å². The molecule has 0 saturated heterocycles. The number of carbonyl (C=O) groups excluding carboxylic acids is 5. The molecule has 3 aliphatic heterocycles. The average Bonchev–Trinajstić information content (AvgIpc) is 1.92. The number of nitrogens with zero attached hydrogens (tertiary/aromatic N) is 2. The van der Waals surface area contributed by atoms with E-state index in [0.29, 0.717) is 57.4 Å². The topological polar surface area (TPSA) is 203 Å². The number of quaternary nitrogens is 1. The first-order chi connectivity index (χ1) is 41.0. The van der Waals surface area contributed by atoms with Gasteiger partial charge in [-0.05, 0) is 113 Å². The Bertz CT molecular complexity index is 2960. The molecule has 0 bridgehead atoms. The van der Waals surface area contributed by atoms with Gasteiger partial charge in [-0.3, -0.25) is 24.1 Å². The van der Waals surface area contributed by atoms with Crippen molar-refractivity contribution in [3.05, 3.63) is 161 Å². The third-order valence-corrected chi connectivity index (χ3v) is 16.5. The van der Waals surface area contributed by atoms with Crippen molar-refractivity contribution in [2.75, 3.05) is 50.6 Å². The first-order valence-corrected chi connectivity index (χ1v) is 31.0. The number of carbonyl (C=O) groups is 5. The molecular weight excluding hydrogens is 1060 g/mol. The Balaban J connectivity index is 0.00000323. The van der Waals surface area contributed by atoms with E-state index in [4.69, 9.17) is 10.8 Å². The molecule has 85 heavy (non-hydrogen) atoms. The van der Waals surface area contributed by atoms with E-state index in [1.54, 1.807) is 4.90 Å². The minimum Gasteiger partial charge on any atom is -0.400 e. The molecule has 0 aromatic heterocycles. The number of anilines is 2. The summed E-state index contributed by atoms with van der Waals surface area (Å²) in [5.41, 5.74) is 17.8. The zero-order chi connectivity index (χ0) is 62.1. The summed E-state index contributed by atoms with van der Waals surface area (Å²) in [5.74, 6) is -0.578. The molecule has 460 valence electrons. The highest BCUT2D eigenvalue weighted by molar-refractivity contribution is 6.02. The number of likely N-dealkylation sites (N-methyl/N-ethyl adjacent to an activating group) is 1. The molecule has 15 nitrogen and oxygen atoms in total. The van der Waals surface area contributed by atoms with Crippen LogP contribution < -0.4 is 47.0 Å². The molecule has 4 amide bonds. The molecule has 15 heteroatoms. The highest BCUT2D eigenvalue weighted by atomic mass is 16.2. The van der Waals surface area contributed by atoms with Crippen molar-refractivity contribution in [3.8, 4) is 0 Å². The summed E-state index contributed by atoms with van der Waals surface area (Å²) >= 11 is 0. The Kier molecular flexibility index (Phi) is 27.4. The Morgan fingerprint density at radius 2 is 1.33 bits per heavy atom. The van der Waals surface area contributed by atoms with Gasteiger partial charge in [0, 0.05) is 93.1 Å². The standard InChI is InChI=1S/C67H89N9O5.C2H6.CH4O/c1-47(2)72-54(65(81)73-49(46-77)28-22-24-42-71-61(79)40-41-62(80)76-45-48-27-14-15-29-50(48)63(68)64(69-7)51-30-16-19-34-55(51)76)33-23-25-43-70-60(78)39-13-10-26-44-75-57-36-21-18-32-53(57)67(5,6)59(75)38-12-9-11-37-58-66(3,4)52-31-17-20-35-56(52)74(58)8;2*1-2/h9,11-12,14-21,27,29-32,34-38,46-47,49,54,59,69,72H,10,13,22-26,28,33,39-45,68H2,1-8H3,(H,70,78)(H,71,79)(H,73,81);1-2H3;2H,1H3/p+1/b11-9+,38-12?,58-37+,64-63-;;. The van der Waals surface area contributed by atoms with Gasteiger partial charge in [0.05, 0.1) is 47.7 Å². The number of aldehydes is 1. The van der Waals surface area contributed by atoms with Crippen LogP contribution in [-0.2, 0) is 41.3 Å². The van der Waals surface area contributed by atoms with Crippen molar-refractivity contribution in [2.45, 2.75) is 174 Å². The number of fused-ring (bicyclic) bond motifs is 4. The molecule has 0 aliphatic carbocycles. The van der Waals surface area contributed by atoms with Gasteiger partial charge < -0.3 is 52.0 Å². The molecule has 3 heterocycles. The fourth-order valence-corrected chi connectivity index (χ4v) is 12.2. The van der Waals surface area contributed by atoms with Crippen LogP contribution in [0.4, 0.5) is 17.1 Å². The van der Waals surface area contributed by atoms with E-state index in [-0.39, 0.29) is 59.4 Å². The van der Waals surface area contributed by atoms with Crippen LogP contribution in [0.1, 0.15) is 160 Å². The van der Waals surface area contributed by atoms with E-state index in [1.807, 2.05) is 83.3 Å². The molecule has 9 N–H and O–H groups in total. The third kappa shape index (κ3) is 18.1. The van der Waals surface area contributed by atoms with Crippen LogP contribution in [0.3, 0.4) is 0 Å². The van der Waals surface area contributed by atoms with Gasteiger partial charge in [-0.2, -0.15) is 0 Å². The number of para-hydroxylation sites is 3. The number of hydrogen-bond donors (Lipinski definition) is 8. The van der Waals surface area contributed by atoms with Crippen LogP contribution in [0.25, 0.3) is 11.4 Å². The van der Waals surface area contributed by atoms with Crippen LogP contribution in [0, 0.1) is 0 Å². The van der Waals surface area contributed by atoms with Gasteiger partial charge in [0.2, 0.25) is 23.6 Å². The largest absolute Gasteiger partial charge is 0.400 e. The number of unbranched alkanes of at least 4 members (excludes halogenated alkanes) is 4. The van der Waals surface area contributed by atoms with Crippen molar-refractivity contribution in [2.24, 2.45) is 5.73 Å². The summed E-state index contributed by atoms with van der Waals surface area (Å²) in [6.45, 7) is 19.5. The molecule has 4 atom stereocenters. The van der Waals surface area contributed by atoms with Crippen LogP contribution in [0.2, 0.25) is 0 Å². The highest BCUT2D eigenvalue weighted by Crippen LogP contribution is 2.46. The lowest BCUT2D eigenvalue weighted by molar-refractivity contribution is -0.850. The Morgan fingerprint density at radius 3 is 2.00 bits per heavy atom. The van der Waals surface area contributed by atoms with Gasteiger partial charge >= 0.3 is 0 Å². The maximum Gasteiger partial charge on any atom is 0.237 e. The van der Waals surface area contributed by atoms with Gasteiger partial charge in [0.1, 0.15) is 18.0 Å². The second-order valence-electron chi connectivity index (χ2n) is 23.4. The number of allylic oxidation sites excluding steroid dienone is 5. The van der Waals surface area contributed by atoms with Gasteiger partial charge in [0.15, 0.2) is 0 Å². The number of aliphatic hydroxyl groups excluding tert-OH is 1. The van der Waals surface area contributed by atoms with E-state index in [0.717, 1.165) is 80.1 Å². The molecule has 0 radical (unpaired) electrons. The van der Waals surface area contributed by atoms with E-state index in [9.17, 15) is 24.0 Å². The fraction of sp³-hybridized carbons (Fsp3) is 0.471. The molecule has 4 aromatic rings. The van der Waals surface area contributed by atoms with Gasteiger partial charge in [-0.15, -0.1) is 0 Å². The zero-order valence-electron chi connectivity index (χ0n) is 52.8. The van der Waals surface area contributed by atoms with Crippen molar-refractivity contribution in [1.29, 1.82) is 0 Å². The molecule has 0 fully saturated rings. The quantitative estimate of drug-likeness (QED) is 0.0154. The van der Waals surface area contributed by atoms with Crippen molar-refractivity contribution >= 4 is 58.4 Å². The molecule has 0 spiro atoms. The van der Waals surface area contributed by atoms with Crippen molar-refractivity contribution in [1.82, 2.24) is 26.6 Å². The molecule has 0 saturated carbocycles. The molecule has 7 rings (SSSR count). The maximum absolute atomic E-state index is 13.8. The van der Waals surface area contributed by atoms with Gasteiger partial charge in [-0.1, -0.05) is 139 Å². The second kappa shape index (κ2) is 34.0. The normalized spacial score (nSPS) is 18.3. The summed E-state index contributed by atoms with van der Waals surface area (Å²) in [7, 11) is 4.96. The first-order valence-electron chi connectivity index (χ1n) is 31.0. The lowest BCUT2D eigenvalue weighted by Crippen LogP contribution is -3.10. The first kappa shape index (κ1) is 68.5. The summed E-state index contributed by atoms with van der Waals surface area (Å²) in [5, 5.41) is 22.5. The highest BCUT2D eigenvalue weighted by Gasteiger charge is 2.47. The minimum atomic E-state index is -0.661. The summed E-state index contributed by atoms with van der Waals surface area (Å²) < 4.78 is 0. The SMILES string of the molecule is CC.CN/C1=C(\N)c2ccccc2CN(C(=O)CCC(=O)NCCCCC(C=O)NC(=O)C(CCCCNC(=O)CCCCC[NH+]2c3ccccc3C(C)(C)C2C=C/C=C/C=C2/N(C)c3ccccc3C2(C)C)NC(C)C)c2ccccc21.CO. The summed E-state index contributed by atoms with van der Waals surface area (Å²) in [4.78, 5) is 70.8. The number of amides is 4. The zero-order valence-corrected chi connectivity index (χ0v) is 52.8. The van der Waals surface area contributed by atoms with Crippen molar-refractivity contribution in [3.63, 3.8) is 0 Å². The third-order valence-electron chi connectivity index (χ3n) is 16.5. The second-order valence-corrected chi connectivity index (χ2v) is 23.4. The van der Waals surface area contributed by atoms with Gasteiger partial charge in [0.25, 0.3) is 0 Å². The predicted octanol–water partition coefficient (Wildman–Crippen LogP) is 9.44. The predicted molar refractivity (Wildman–Crippen MR) is 348 cm³/mol. The number of nitrogens with two attached hydrogens (primary N) is 1. The number of benzene rings is 4. The number of aliphatic hydroxyl groups is 1. The van der Waals surface area contributed by atoms with Crippen molar-refractivity contribution < 1.29 is 34.0 Å². The fourth-order valence-electron chi connectivity index (χ4n) is 12.2. The number of nitrogens with one attached hydrogen (secondary N) is 6. The minimum absolute atomic E-state index is 0.0263. The smallest absolute Gasteiger partial charge is 0.237 e. The van der Waals surface area contributed by atoms with Gasteiger partial charge in [-0.25, -0.2) is 0 Å². The average molecular weight is 1160 g/mol. The van der Waals surface area contributed by atoms with E-state index in [2.05, 4.69) is 145 Å². The molecule has 3 aliphatic rings. The van der Waals surface area contributed by atoms with Crippen LogP contribution in [-0.4, -0.2) is 100 Å².